The molecule has 1 rings (SSSR count). The van der Waals surface area contributed by atoms with Crippen LogP contribution in [0.3, 0.4) is 0 Å². The van der Waals surface area contributed by atoms with Gasteiger partial charge < -0.3 is 20.3 Å². The van der Waals surface area contributed by atoms with Crippen LogP contribution in [0.15, 0.2) is 24.3 Å². The summed E-state index contributed by atoms with van der Waals surface area (Å²) in [6.45, 7) is -0.258. The Bertz CT molecular complexity index is 792. The topological polar surface area (TPSA) is 122 Å². The van der Waals surface area contributed by atoms with Crippen molar-refractivity contribution in [3.8, 4) is 5.75 Å². The lowest BCUT2D eigenvalue weighted by Gasteiger charge is -2.19. The number of ether oxygens (including phenoxy) is 1. The summed E-state index contributed by atoms with van der Waals surface area (Å²) in [4.78, 5) is 37.8. The summed E-state index contributed by atoms with van der Waals surface area (Å²) >= 11 is 0. The summed E-state index contributed by atoms with van der Waals surface area (Å²) in [6, 6.07) is 5.33. The molecule has 0 aliphatic heterocycles. The second kappa shape index (κ2) is 9.91. The third-order valence-electron chi connectivity index (χ3n) is 3.66. The van der Waals surface area contributed by atoms with Crippen molar-refractivity contribution in [1.29, 1.82) is 0 Å². The highest BCUT2D eigenvalue weighted by Gasteiger charge is 2.24. The van der Waals surface area contributed by atoms with Crippen LogP contribution in [0.1, 0.15) is 16.8 Å². The van der Waals surface area contributed by atoms with E-state index in [1.807, 2.05) is 0 Å². The first-order chi connectivity index (χ1) is 12.5. The Labute approximate surface area is 159 Å². The predicted molar refractivity (Wildman–Crippen MR) is 100 cm³/mol. The number of likely N-dealkylation sites (N-methyl/N-ethyl adjacent to an activating group) is 1. The van der Waals surface area contributed by atoms with E-state index in [1.165, 1.54) is 18.1 Å². The Hall–Kier alpha value is -2.62. The highest BCUT2D eigenvalue weighted by molar-refractivity contribution is 7.90. The lowest BCUT2D eigenvalue weighted by Crippen LogP contribution is -2.49. The van der Waals surface area contributed by atoms with E-state index in [2.05, 4.69) is 10.6 Å². The fourth-order valence-corrected chi connectivity index (χ4v) is 2.78. The van der Waals surface area contributed by atoms with E-state index in [9.17, 15) is 22.8 Å². The van der Waals surface area contributed by atoms with Crippen LogP contribution in [-0.2, 0) is 19.4 Å². The van der Waals surface area contributed by atoms with Gasteiger partial charge in [0.2, 0.25) is 11.8 Å². The first-order valence-corrected chi connectivity index (χ1v) is 10.2. The second-order valence-corrected chi connectivity index (χ2v) is 8.41. The van der Waals surface area contributed by atoms with Gasteiger partial charge in [-0.15, -0.1) is 0 Å². The largest absolute Gasteiger partial charge is 0.496 e. The van der Waals surface area contributed by atoms with E-state index in [-0.39, 0.29) is 30.2 Å². The minimum atomic E-state index is -3.34. The Balaban J connectivity index is 2.91. The van der Waals surface area contributed by atoms with Gasteiger partial charge in [-0.05, 0) is 18.6 Å². The molecule has 0 aliphatic rings. The molecular weight excluding hydrogens is 374 g/mol. The van der Waals surface area contributed by atoms with Crippen molar-refractivity contribution >= 4 is 27.6 Å². The fourth-order valence-electron chi connectivity index (χ4n) is 2.11. The van der Waals surface area contributed by atoms with Crippen molar-refractivity contribution in [2.45, 2.75) is 12.5 Å². The van der Waals surface area contributed by atoms with Crippen molar-refractivity contribution in [2.75, 3.05) is 39.8 Å². The summed E-state index contributed by atoms with van der Waals surface area (Å²) in [5.41, 5.74) is 0.210. The van der Waals surface area contributed by atoms with Crippen LogP contribution in [0.25, 0.3) is 0 Å². The number of para-hydroxylation sites is 1. The fraction of sp³-hybridized carbons (Fsp3) is 0.471. The number of hydrogen-bond acceptors (Lipinski definition) is 6. The first kappa shape index (κ1) is 22.4. The van der Waals surface area contributed by atoms with E-state index in [0.717, 1.165) is 6.26 Å². The van der Waals surface area contributed by atoms with Crippen LogP contribution in [0.4, 0.5) is 0 Å². The molecule has 0 aliphatic carbocycles. The van der Waals surface area contributed by atoms with E-state index < -0.39 is 27.7 Å². The molecule has 0 aromatic heterocycles. The summed E-state index contributed by atoms with van der Waals surface area (Å²) < 4.78 is 28.0. The molecule has 1 atom stereocenters. The average molecular weight is 399 g/mol. The van der Waals surface area contributed by atoms with Gasteiger partial charge in [0.25, 0.3) is 5.91 Å². The van der Waals surface area contributed by atoms with Crippen LogP contribution in [0.5, 0.6) is 5.75 Å². The third kappa shape index (κ3) is 7.65. The van der Waals surface area contributed by atoms with Crippen LogP contribution >= 0.6 is 0 Å². The Morgan fingerprint density at radius 3 is 2.37 bits per heavy atom. The zero-order valence-electron chi connectivity index (χ0n) is 15.8. The van der Waals surface area contributed by atoms with Crippen LogP contribution in [-0.4, -0.2) is 76.8 Å². The molecule has 0 saturated heterocycles. The Morgan fingerprint density at radius 1 is 1.19 bits per heavy atom. The average Bonchev–Trinajstić information content (AvgIpc) is 2.61. The molecule has 0 heterocycles. The van der Waals surface area contributed by atoms with Crippen molar-refractivity contribution in [3.63, 3.8) is 0 Å². The van der Waals surface area contributed by atoms with Gasteiger partial charge in [0, 0.05) is 20.4 Å². The number of carbonyl (C=O) groups is 3. The minimum Gasteiger partial charge on any atom is -0.496 e. The summed E-state index contributed by atoms with van der Waals surface area (Å²) in [5.74, 6) is -1.53. The minimum absolute atomic E-state index is 0.123. The summed E-state index contributed by atoms with van der Waals surface area (Å²) in [5, 5.41) is 4.93. The molecule has 0 saturated carbocycles. The number of nitrogens with one attached hydrogen (secondary N) is 2. The molecule has 10 heteroatoms. The number of hydrogen-bond donors (Lipinski definition) is 2. The molecule has 1 aromatic rings. The molecule has 9 nitrogen and oxygen atoms in total. The number of methoxy groups -OCH3 is 1. The summed E-state index contributed by atoms with van der Waals surface area (Å²) in [6.07, 6.45) is 0.918. The quantitative estimate of drug-likeness (QED) is 0.574. The van der Waals surface area contributed by atoms with Crippen LogP contribution in [0.2, 0.25) is 0 Å². The summed E-state index contributed by atoms with van der Waals surface area (Å²) in [7, 11) is 1.15. The molecule has 2 N–H and O–H groups in total. The van der Waals surface area contributed by atoms with E-state index in [4.69, 9.17) is 4.74 Å². The normalized spacial score (nSPS) is 12.0. The number of sulfone groups is 1. The van der Waals surface area contributed by atoms with Gasteiger partial charge in [-0.1, -0.05) is 12.1 Å². The van der Waals surface area contributed by atoms with E-state index in [0.29, 0.717) is 5.75 Å². The van der Waals surface area contributed by atoms with Gasteiger partial charge in [-0.3, -0.25) is 14.4 Å². The van der Waals surface area contributed by atoms with Gasteiger partial charge in [-0.25, -0.2) is 8.42 Å². The zero-order valence-corrected chi connectivity index (χ0v) is 16.6. The standard InChI is InChI=1S/C17H25N3O6S/c1-20(2)15(21)11-18-17(23)13(9-10-27(4,24)25)19-16(22)12-7-5-6-8-14(12)26-3/h5-8,13H,9-11H2,1-4H3,(H,18,23)(H,19,22)/t13-/m0/s1. The molecule has 150 valence electrons. The third-order valence-corrected chi connectivity index (χ3v) is 4.64. The van der Waals surface area contributed by atoms with Crippen molar-refractivity contribution in [1.82, 2.24) is 15.5 Å². The van der Waals surface area contributed by atoms with Gasteiger partial charge in [0.15, 0.2) is 0 Å². The Kier molecular flexibility index (Phi) is 8.23. The molecule has 1 aromatic carbocycles. The lowest BCUT2D eigenvalue weighted by atomic mass is 10.1. The lowest BCUT2D eigenvalue weighted by molar-refractivity contribution is -0.131. The van der Waals surface area contributed by atoms with Gasteiger partial charge in [0.05, 0.1) is 25.0 Å². The van der Waals surface area contributed by atoms with Gasteiger partial charge >= 0.3 is 0 Å². The number of rotatable bonds is 9. The smallest absolute Gasteiger partial charge is 0.255 e. The first-order valence-electron chi connectivity index (χ1n) is 8.14. The molecule has 0 spiro atoms. The monoisotopic (exact) mass is 399 g/mol. The molecule has 0 bridgehead atoms. The van der Waals surface area contributed by atoms with Crippen LogP contribution in [0, 0.1) is 0 Å². The highest BCUT2D eigenvalue weighted by atomic mass is 32.2. The number of carbonyl (C=O) groups excluding carboxylic acids is 3. The van der Waals surface area contributed by atoms with Crippen molar-refractivity contribution in [3.05, 3.63) is 29.8 Å². The SMILES string of the molecule is COc1ccccc1C(=O)N[C@@H](CCS(C)(=O)=O)C(=O)NCC(=O)N(C)C. The van der Waals surface area contributed by atoms with Crippen molar-refractivity contribution in [2.24, 2.45) is 0 Å². The maximum atomic E-state index is 12.5. The van der Waals surface area contributed by atoms with Crippen molar-refractivity contribution < 1.29 is 27.5 Å². The molecule has 27 heavy (non-hydrogen) atoms. The van der Waals surface area contributed by atoms with Crippen LogP contribution < -0.4 is 15.4 Å². The molecular formula is C17H25N3O6S. The maximum Gasteiger partial charge on any atom is 0.255 e. The van der Waals surface area contributed by atoms with E-state index >= 15 is 0 Å². The molecule has 0 fully saturated rings. The van der Waals surface area contributed by atoms with Gasteiger partial charge in [0.1, 0.15) is 21.6 Å². The highest BCUT2D eigenvalue weighted by Crippen LogP contribution is 2.17. The van der Waals surface area contributed by atoms with Gasteiger partial charge in [-0.2, -0.15) is 0 Å². The number of amides is 3. The second-order valence-electron chi connectivity index (χ2n) is 6.15. The molecule has 0 radical (unpaired) electrons. The van der Waals surface area contributed by atoms with E-state index in [1.54, 1.807) is 32.3 Å². The number of benzene rings is 1. The Morgan fingerprint density at radius 2 is 1.81 bits per heavy atom. The molecule has 3 amide bonds. The molecule has 0 unspecified atom stereocenters. The maximum absolute atomic E-state index is 12.5. The zero-order chi connectivity index (χ0) is 20.6. The number of nitrogens with zero attached hydrogens (tertiary/aromatic N) is 1. The predicted octanol–water partition coefficient (Wildman–Crippen LogP) is -0.567.